The Morgan fingerprint density at radius 1 is 0.476 bits per heavy atom. The second-order valence-corrected chi connectivity index (χ2v) is 10.3. The van der Waals surface area contributed by atoms with Gasteiger partial charge in [-0.15, -0.1) is 0 Å². The van der Waals surface area contributed by atoms with E-state index in [9.17, 15) is 0 Å². The first-order valence-corrected chi connectivity index (χ1v) is 13.4. The fourth-order valence-corrected chi connectivity index (χ4v) is 6.76. The quantitative estimate of drug-likeness (QED) is 0.203. The van der Waals surface area contributed by atoms with E-state index in [0.29, 0.717) is 33.1 Å². The molecular formula is C38H22N4. The molecule has 0 aliphatic carbocycles. The smallest absolute Gasteiger partial charge is 0.0969 e. The average molecular weight is 545 g/mol. The normalized spacial score (nSPS) is 15.6. The van der Waals surface area contributed by atoms with E-state index in [4.69, 9.17) is 23.7 Å². The molecule has 194 valence electrons. The fourth-order valence-electron chi connectivity index (χ4n) is 6.76. The number of fused-ring (bicyclic) bond motifs is 8. The largest absolute Gasteiger partial charge is 0.308 e. The summed E-state index contributed by atoms with van der Waals surface area (Å²) in [4.78, 5) is 9.51. The van der Waals surface area contributed by atoms with Crippen LogP contribution >= 0.6 is 0 Å². The zero-order chi connectivity index (χ0) is 36.1. The summed E-state index contributed by atoms with van der Waals surface area (Å²) in [5.41, 5.74) is 3.79. The Morgan fingerprint density at radius 3 is 1.38 bits per heavy atom. The van der Waals surface area contributed by atoms with Gasteiger partial charge in [-0.1, -0.05) is 60.5 Å². The van der Waals surface area contributed by atoms with Crippen LogP contribution in [0.25, 0.3) is 87.6 Å². The Balaban J connectivity index is 1.38. The predicted molar refractivity (Wildman–Crippen MR) is 174 cm³/mol. The van der Waals surface area contributed by atoms with Gasteiger partial charge in [-0.05, 0) is 92.9 Å². The topological polar surface area (TPSA) is 35.6 Å². The van der Waals surface area contributed by atoms with Gasteiger partial charge in [0.1, 0.15) is 0 Å². The molecule has 0 aliphatic heterocycles. The minimum Gasteiger partial charge on any atom is -0.308 e. The molecule has 4 heteroatoms. The molecule has 6 aromatic carbocycles. The molecule has 0 saturated heterocycles. The Labute approximate surface area is 254 Å². The van der Waals surface area contributed by atoms with Gasteiger partial charge in [-0.3, -0.25) is 9.97 Å². The van der Waals surface area contributed by atoms with Crippen molar-refractivity contribution < 1.29 is 13.7 Å². The van der Waals surface area contributed by atoms with Crippen molar-refractivity contribution in [2.45, 2.75) is 0 Å². The van der Waals surface area contributed by atoms with Crippen LogP contribution in [0.15, 0.2) is 133 Å². The highest BCUT2D eigenvalue weighted by molar-refractivity contribution is 6.37. The van der Waals surface area contributed by atoms with E-state index in [1.807, 2.05) is 48.5 Å². The molecule has 0 atom stereocenters. The maximum Gasteiger partial charge on any atom is 0.0969 e. The minimum absolute atomic E-state index is 0.0417. The standard InChI is InChI=1S/C38H22N4/c1-3-9-25(10-4-1)41-29-13-7-19-39-37(29)35-27-17-16-24-22-32-36(28-18-15-23(21-31(35)41)33(27)34(24)28)38-30(14-8-20-40-38)42(32)26-11-5-2-6-12-26/h1-22H/i1D,2D,3D,4D,5D,6D,9D,10D,11D,12D. The van der Waals surface area contributed by atoms with Gasteiger partial charge in [0.25, 0.3) is 0 Å². The number of nitrogens with zero attached hydrogens (tertiary/aromatic N) is 4. The first-order valence-electron chi connectivity index (χ1n) is 18.4. The van der Waals surface area contributed by atoms with Gasteiger partial charge in [0.15, 0.2) is 0 Å². The molecule has 0 amide bonds. The van der Waals surface area contributed by atoms with Crippen LogP contribution in [0.4, 0.5) is 0 Å². The molecule has 4 heterocycles. The number of benzene rings is 6. The fraction of sp³-hybridized carbons (Fsp3) is 0. The van der Waals surface area contributed by atoms with Crippen LogP contribution in [0.5, 0.6) is 0 Å². The molecule has 0 aliphatic rings. The highest BCUT2D eigenvalue weighted by Crippen LogP contribution is 2.46. The van der Waals surface area contributed by atoms with E-state index in [0.717, 1.165) is 43.1 Å². The number of hydrogen-bond donors (Lipinski definition) is 0. The van der Waals surface area contributed by atoms with Gasteiger partial charge in [0.2, 0.25) is 0 Å². The van der Waals surface area contributed by atoms with Crippen molar-refractivity contribution in [3.63, 3.8) is 0 Å². The summed E-state index contributed by atoms with van der Waals surface area (Å²) in [7, 11) is 0. The summed E-state index contributed by atoms with van der Waals surface area (Å²) in [5.74, 6) is 0. The minimum atomic E-state index is -0.464. The van der Waals surface area contributed by atoms with E-state index in [2.05, 4.69) is 0 Å². The molecule has 0 radical (unpaired) electrons. The van der Waals surface area contributed by atoms with Crippen LogP contribution in [-0.4, -0.2) is 19.1 Å². The molecule has 0 N–H and O–H groups in total. The van der Waals surface area contributed by atoms with Gasteiger partial charge >= 0.3 is 0 Å². The molecule has 0 fully saturated rings. The maximum atomic E-state index is 8.82. The van der Waals surface area contributed by atoms with Crippen molar-refractivity contribution >= 4 is 76.2 Å². The van der Waals surface area contributed by atoms with Gasteiger partial charge in [-0.2, -0.15) is 0 Å². The SMILES string of the molecule is [2H]c1c([2H])c([2H])c(-n2c3cccnc3c3c4ccc5cc6c(c7ccc(cc32)c4c57)c2ncccc2n6-c2c([2H])c([2H])c([2H])c([2H])c2[2H])c([2H])c1[2H]. The summed E-state index contributed by atoms with van der Waals surface area (Å²) >= 11 is 0. The van der Waals surface area contributed by atoms with Crippen LogP contribution in [0.2, 0.25) is 0 Å². The van der Waals surface area contributed by atoms with Gasteiger partial charge < -0.3 is 9.13 Å². The summed E-state index contributed by atoms with van der Waals surface area (Å²) in [6.07, 6.45) is 3.35. The lowest BCUT2D eigenvalue weighted by Gasteiger charge is -2.15. The average Bonchev–Trinajstić information content (AvgIpc) is 3.66. The van der Waals surface area contributed by atoms with Crippen LogP contribution < -0.4 is 0 Å². The number of rotatable bonds is 2. The second kappa shape index (κ2) is 7.93. The van der Waals surface area contributed by atoms with Gasteiger partial charge in [0.05, 0.1) is 46.8 Å². The molecule has 0 spiro atoms. The third-order valence-electron chi connectivity index (χ3n) is 8.29. The van der Waals surface area contributed by atoms with Crippen LogP contribution in [0, 0.1) is 0 Å². The van der Waals surface area contributed by atoms with Gasteiger partial charge in [0, 0.05) is 34.5 Å². The van der Waals surface area contributed by atoms with Crippen molar-refractivity contribution in [3.8, 4) is 11.4 Å². The Kier molecular flexibility index (Phi) is 2.79. The van der Waals surface area contributed by atoms with E-state index < -0.39 is 36.3 Å². The van der Waals surface area contributed by atoms with Crippen LogP contribution in [0.3, 0.4) is 0 Å². The first kappa shape index (κ1) is 14.8. The third kappa shape index (κ3) is 2.71. The Hall–Kier alpha value is -5.74. The van der Waals surface area contributed by atoms with E-state index in [-0.39, 0.29) is 35.5 Å². The summed E-state index contributed by atoms with van der Waals surface area (Å²) in [6, 6.07) is 15.2. The van der Waals surface area contributed by atoms with E-state index in [1.54, 1.807) is 33.7 Å². The van der Waals surface area contributed by atoms with Crippen LogP contribution in [0.1, 0.15) is 13.7 Å². The number of para-hydroxylation sites is 2. The van der Waals surface area contributed by atoms with E-state index >= 15 is 0 Å². The zero-order valence-corrected chi connectivity index (χ0v) is 21.7. The van der Waals surface area contributed by atoms with Crippen molar-refractivity contribution in [3.05, 3.63) is 133 Å². The summed E-state index contributed by atoms with van der Waals surface area (Å²) in [6.45, 7) is 0. The molecule has 0 bridgehead atoms. The van der Waals surface area contributed by atoms with Crippen molar-refractivity contribution in [1.29, 1.82) is 0 Å². The van der Waals surface area contributed by atoms with Crippen LogP contribution in [-0.2, 0) is 0 Å². The highest BCUT2D eigenvalue weighted by Gasteiger charge is 2.22. The lowest BCUT2D eigenvalue weighted by atomic mass is 9.91. The number of hydrogen-bond acceptors (Lipinski definition) is 2. The molecule has 42 heavy (non-hydrogen) atoms. The number of pyridine rings is 2. The van der Waals surface area contributed by atoms with E-state index in [1.165, 1.54) is 0 Å². The van der Waals surface area contributed by atoms with Gasteiger partial charge in [-0.25, -0.2) is 0 Å². The molecule has 0 saturated carbocycles. The molecule has 10 rings (SSSR count). The lowest BCUT2D eigenvalue weighted by Crippen LogP contribution is -1.94. The monoisotopic (exact) mass is 544 g/mol. The molecular weight excluding hydrogens is 512 g/mol. The number of aromatic nitrogens is 4. The Morgan fingerprint density at radius 2 is 0.929 bits per heavy atom. The van der Waals surface area contributed by atoms with Crippen molar-refractivity contribution in [1.82, 2.24) is 19.1 Å². The summed E-state index contributed by atoms with van der Waals surface area (Å²) < 4.78 is 88.6. The summed E-state index contributed by atoms with van der Waals surface area (Å²) in [5, 5.41) is 6.86. The molecule has 10 aromatic rings. The maximum absolute atomic E-state index is 8.82. The Bertz CT molecular complexity index is 2980. The predicted octanol–water partition coefficient (Wildman–Crippen LogP) is 9.57. The lowest BCUT2D eigenvalue weighted by molar-refractivity contribution is 1.18. The molecule has 0 unspecified atom stereocenters. The van der Waals surface area contributed by atoms with Crippen molar-refractivity contribution in [2.24, 2.45) is 0 Å². The third-order valence-corrected chi connectivity index (χ3v) is 8.29. The van der Waals surface area contributed by atoms with Crippen molar-refractivity contribution in [2.75, 3.05) is 0 Å². The zero-order valence-electron chi connectivity index (χ0n) is 31.7. The second-order valence-electron chi connectivity index (χ2n) is 10.3. The molecule has 4 aromatic heterocycles. The first-order chi connectivity index (χ1) is 25.0. The molecule has 4 nitrogen and oxygen atoms in total. The highest BCUT2D eigenvalue weighted by atomic mass is 15.0.